The van der Waals surface area contributed by atoms with E-state index in [4.69, 9.17) is 4.74 Å². The lowest BCUT2D eigenvalue weighted by molar-refractivity contribution is -0.116. The van der Waals surface area contributed by atoms with Gasteiger partial charge in [0.25, 0.3) is 5.91 Å². The molecule has 1 aliphatic heterocycles. The van der Waals surface area contributed by atoms with Crippen LogP contribution in [0.15, 0.2) is 42.6 Å². The van der Waals surface area contributed by atoms with Gasteiger partial charge in [0.2, 0.25) is 5.88 Å². The molecule has 2 heterocycles. The van der Waals surface area contributed by atoms with Crippen LogP contribution in [0.4, 0.5) is 11.4 Å². The van der Waals surface area contributed by atoms with Crippen LogP contribution in [0.5, 0.6) is 5.88 Å². The van der Waals surface area contributed by atoms with Crippen LogP contribution in [0.2, 0.25) is 0 Å². The van der Waals surface area contributed by atoms with E-state index in [0.717, 1.165) is 16.9 Å². The third kappa shape index (κ3) is 2.10. The molecule has 1 unspecified atom stereocenters. The highest BCUT2D eigenvalue weighted by Crippen LogP contribution is 2.32. The van der Waals surface area contributed by atoms with Gasteiger partial charge in [0.05, 0.1) is 19.0 Å². The van der Waals surface area contributed by atoms with Gasteiger partial charge in [0.15, 0.2) is 0 Å². The zero-order chi connectivity index (χ0) is 13.2. The normalized spacial score (nSPS) is 16.7. The Kier molecular flexibility index (Phi) is 2.79. The van der Waals surface area contributed by atoms with Crippen molar-refractivity contribution in [2.24, 2.45) is 0 Å². The molecule has 0 bridgehead atoms. The lowest BCUT2D eigenvalue weighted by Crippen LogP contribution is -2.19. The Morgan fingerprint density at radius 3 is 2.84 bits per heavy atom. The maximum atomic E-state index is 11.9. The quantitative estimate of drug-likeness (QED) is 0.882. The minimum absolute atomic E-state index is 0.0583. The van der Waals surface area contributed by atoms with Gasteiger partial charge in [-0.15, -0.1) is 0 Å². The summed E-state index contributed by atoms with van der Waals surface area (Å²) in [6, 6.07) is 10.8. The zero-order valence-electron chi connectivity index (χ0n) is 10.4. The van der Waals surface area contributed by atoms with E-state index in [-0.39, 0.29) is 11.9 Å². The molecule has 0 fully saturated rings. The topological polar surface area (TPSA) is 63.2 Å². The summed E-state index contributed by atoms with van der Waals surface area (Å²) in [7, 11) is 1.57. The van der Waals surface area contributed by atoms with E-state index in [1.165, 1.54) is 0 Å². The lowest BCUT2D eigenvalue weighted by atomic mass is 10.1. The van der Waals surface area contributed by atoms with Gasteiger partial charge in [-0.05, 0) is 12.1 Å². The van der Waals surface area contributed by atoms with E-state index in [1.807, 2.05) is 30.3 Å². The van der Waals surface area contributed by atoms with Gasteiger partial charge in [-0.2, -0.15) is 0 Å². The number of methoxy groups -OCH3 is 1. The smallest absolute Gasteiger partial charge is 0.251 e. The van der Waals surface area contributed by atoms with E-state index < -0.39 is 0 Å². The number of nitrogens with zero attached hydrogens (tertiary/aromatic N) is 1. The van der Waals surface area contributed by atoms with E-state index in [9.17, 15) is 4.79 Å². The Labute approximate surface area is 110 Å². The maximum absolute atomic E-state index is 11.9. The molecule has 0 saturated heterocycles. The monoisotopic (exact) mass is 255 g/mol. The van der Waals surface area contributed by atoms with Crippen molar-refractivity contribution >= 4 is 17.3 Å². The number of pyridine rings is 1. The van der Waals surface area contributed by atoms with Crippen molar-refractivity contribution in [3.8, 4) is 5.88 Å². The molecule has 2 N–H and O–H groups in total. The number of aromatic nitrogens is 1. The molecular weight excluding hydrogens is 242 g/mol. The second-order valence-electron chi connectivity index (χ2n) is 4.24. The Morgan fingerprint density at radius 1 is 1.26 bits per heavy atom. The molecule has 0 spiro atoms. The van der Waals surface area contributed by atoms with E-state index in [0.29, 0.717) is 5.88 Å². The standard InChI is InChI=1S/C14H13N3O2/c1-19-12-7-6-9(8-15-12)16-13-10-4-2-3-5-11(10)17-14(13)18/h2-8,13,16H,1H3,(H,17,18). The van der Waals surface area contributed by atoms with Crippen LogP contribution in [0.25, 0.3) is 0 Å². The number of fused-ring (bicyclic) bond motifs is 1. The molecule has 1 aliphatic rings. The molecule has 5 nitrogen and oxygen atoms in total. The Hall–Kier alpha value is -2.56. The predicted molar refractivity (Wildman–Crippen MR) is 72.2 cm³/mol. The number of hydrogen-bond donors (Lipinski definition) is 2. The molecule has 3 rings (SSSR count). The third-order valence-electron chi connectivity index (χ3n) is 3.05. The van der Waals surface area contributed by atoms with Gasteiger partial charge in [0, 0.05) is 17.3 Å². The van der Waals surface area contributed by atoms with Crippen LogP contribution in [0, 0.1) is 0 Å². The highest BCUT2D eigenvalue weighted by Gasteiger charge is 2.29. The number of anilines is 2. The summed E-state index contributed by atoms with van der Waals surface area (Å²) in [5.41, 5.74) is 2.58. The van der Waals surface area contributed by atoms with Crippen molar-refractivity contribution in [3.63, 3.8) is 0 Å². The largest absolute Gasteiger partial charge is 0.481 e. The molecule has 2 aromatic rings. The van der Waals surface area contributed by atoms with E-state index in [2.05, 4.69) is 15.6 Å². The molecule has 0 saturated carbocycles. The molecule has 0 aliphatic carbocycles. The summed E-state index contributed by atoms with van der Waals surface area (Å²) in [6.45, 7) is 0. The number of para-hydroxylation sites is 1. The highest BCUT2D eigenvalue weighted by atomic mass is 16.5. The minimum Gasteiger partial charge on any atom is -0.481 e. The number of amides is 1. The molecular formula is C14H13N3O2. The van der Waals surface area contributed by atoms with Gasteiger partial charge in [0.1, 0.15) is 6.04 Å². The van der Waals surface area contributed by atoms with E-state index >= 15 is 0 Å². The van der Waals surface area contributed by atoms with Crippen LogP contribution in [-0.2, 0) is 4.79 Å². The van der Waals surface area contributed by atoms with Crippen LogP contribution >= 0.6 is 0 Å². The second-order valence-corrected chi connectivity index (χ2v) is 4.24. The summed E-state index contributed by atoms with van der Waals surface area (Å²) < 4.78 is 5.00. The fourth-order valence-electron chi connectivity index (χ4n) is 2.11. The highest BCUT2D eigenvalue weighted by molar-refractivity contribution is 6.04. The Bertz CT molecular complexity index is 610. The molecule has 1 aromatic heterocycles. The summed E-state index contributed by atoms with van der Waals surface area (Å²) in [5.74, 6) is 0.485. The van der Waals surface area contributed by atoms with Crippen molar-refractivity contribution in [1.29, 1.82) is 0 Å². The third-order valence-corrected chi connectivity index (χ3v) is 3.05. The van der Waals surface area contributed by atoms with Crippen LogP contribution in [0.3, 0.4) is 0 Å². The first-order chi connectivity index (χ1) is 9.28. The number of nitrogens with one attached hydrogen (secondary N) is 2. The number of ether oxygens (including phenoxy) is 1. The first-order valence-electron chi connectivity index (χ1n) is 5.94. The zero-order valence-corrected chi connectivity index (χ0v) is 10.4. The Morgan fingerprint density at radius 2 is 2.11 bits per heavy atom. The number of hydrogen-bond acceptors (Lipinski definition) is 4. The van der Waals surface area contributed by atoms with Gasteiger partial charge in [-0.1, -0.05) is 18.2 Å². The first-order valence-corrected chi connectivity index (χ1v) is 5.94. The minimum atomic E-state index is -0.383. The van der Waals surface area contributed by atoms with Gasteiger partial charge in [-0.25, -0.2) is 4.98 Å². The Balaban J connectivity index is 1.84. The summed E-state index contributed by atoms with van der Waals surface area (Å²) in [6.07, 6.45) is 1.65. The summed E-state index contributed by atoms with van der Waals surface area (Å²) in [5, 5.41) is 6.01. The molecule has 1 aromatic carbocycles. The molecule has 1 atom stereocenters. The number of benzene rings is 1. The van der Waals surface area contributed by atoms with Crippen molar-refractivity contribution in [2.45, 2.75) is 6.04 Å². The van der Waals surface area contributed by atoms with Gasteiger partial charge < -0.3 is 15.4 Å². The van der Waals surface area contributed by atoms with Crippen LogP contribution in [0.1, 0.15) is 11.6 Å². The molecule has 5 heteroatoms. The average molecular weight is 255 g/mol. The fraction of sp³-hybridized carbons (Fsp3) is 0.143. The molecule has 19 heavy (non-hydrogen) atoms. The van der Waals surface area contributed by atoms with Crippen LogP contribution in [-0.4, -0.2) is 18.0 Å². The van der Waals surface area contributed by atoms with E-state index in [1.54, 1.807) is 19.4 Å². The first kappa shape index (κ1) is 11.5. The second kappa shape index (κ2) is 4.61. The van der Waals surface area contributed by atoms with Crippen molar-refractivity contribution in [2.75, 3.05) is 17.7 Å². The van der Waals surface area contributed by atoms with Gasteiger partial charge >= 0.3 is 0 Å². The van der Waals surface area contributed by atoms with Crippen molar-refractivity contribution < 1.29 is 9.53 Å². The SMILES string of the molecule is COc1ccc(NC2C(=O)Nc3ccccc32)cn1. The van der Waals surface area contributed by atoms with Crippen molar-refractivity contribution in [1.82, 2.24) is 4.98 Å². The van der Waals surface area contributed by atoms with Crippen molar-refractivity contribution in [3.05, 3.63) is 48.2 Å². The summed E-state index contributed by atoms with van der Waals surface area (Å²) in [4.78, 5) is 16.0. The molecule has 1 amide bonds. The fourth-order valence-corrected chi connectivity index (χ4v) is 2.11. The molecule has 0 radical (unpaired) electrons. The lowest BCUT2D eigenvalue weighted by Gasteiger charge is -2.12. The predicted octanol–water partition coefficient (Wildman–Crippen LogP) is 2.20. The average Bonchev–Trinajstić information content (AvgIpc) is 2.76. The van der Waals surface area contributed by atoms with Crippen LogP contribution < -0.4 is 15.4 Å². The maximum Gasteiger partial charge on any atom is 0.251 e. The van der Waals surface area contributed by atoms with Gasteiger partial charge in [-0.3, -0.25) is 4.79 Å². The molecule has 96 valence electrons. The number of carbonyl (C=O) groups is 1. The summed E-state index contributed by atoms with van der Waals surface area (Å²) >= 11 is 0. The number of carbonyl (C=O) groups excluding carboxylic acids is 1. The number of rotatable bonds is 3.